The molecule has 2 saturated heterocycles. The number of rotatable bonds is 3. The first-order valence-corrected chi connectivity index (χ1v) is 5.65. The summed E-state index contributed by atoms with van der Waals surface area (Å²) >= 11 is 0. The molecule has 1 aromatic heterocycles. The molecule has 3 heterocycles. The third-order valence-electron chi connectivity index (χ3n) is 3.22. The molecule has 11 nitrogen and oxygen atoms in total. The molecule has 2 aliphatic rings. The van der Waals surface area contributed by atoms with E-state index >= 15 is 0 Å². The Morgan fingerprint density at radius 1 is 1.35 bits per heavy atom. The van der Waals surface area contributed by atoms with E-state index in [-0.39, 0.29) is 18.8 Å². The van der Waals surface area contributed by atoms with E-state index in [4.69, 9.17) is 9.47 Å². The Labute approximate surface area is 110 Å². The minimum absolute atomic E-state index is 0.00528. The Morgan fingerprint density at radius 2 is 2.10 bits per heavy atom. The molecule has 0 spiro atoms. The van der Waals surface area contributed by atoms with Gasteiger partial charge in [0.2, 0.25) is 6.29 Å². The van der Waals surface area contributed by atoms with E-state index in [0.29, 0.717) is 0 Å². The third kappa shape index (κ3) is 1.83. The first kappa shape index (κ1) is 12.6. The van der Waals surface area contributed by atoms with Crippen molar-refractivity contribution in [3.8, 4) is 0 Å². The third-order valence-corrected chi connectivity index (χ3v) is 3.22. The number of ketones is 1. The average molecular weight is 284 g/mol. The molecule has 106 valence electrons. The van der Waals surface area contributed by atoms with E-state index < -0.39 is 39.8 Å². The highest BCUT2D eigenvalue weighted by Crippen LogP contribution is 2.35. The fourth-order valence-electron chi connectivity index (χ4n) is 2.29. The van der Waals surface area contributed by atoms with Gasteiger partial charge in [-0.2, -0.15) is 4.68 Å². The van der Waals surface area contributed by atoms with Gasteiger partial charge in [0, 0.05) is 6.42 Å². The Bertz CT molecular complexity index is 580. The van der Waals surface area contributed by atoms with Gasteiger partial charge in [0.1, 0.15) is 18.3 Å². The second kappa shape index (κ2) is 4.31. The topological polar surface area (TPSA) is 140 Å². The monoisotopic (exact) mass is 284 g/mol. The Morgan fingerprint density at radius 3 is 2.70 bits per heavy atom. The number of Topliss-reactive ketones (excluding diaryl/α,β-unsaturated/α-hetero) is 1. The number of nitrogens with zero attached hydrogens (tertiary/aromatic N) is 4. The van der Waals surface area contributed by atoms with E-state index in [1.54, 1.807) is 0 Å². The van der Waals surface area contributed by atoms with E-state index in [1.807, 2.05) is 0 Å². The van der Waals surface area contributed by atoms with Crippen LogP contribution in [0.2, 0.25) is 0 Å². The standard InChI is InChI=1S/C9H8N4O7/c14-6-1-4(7-3-19-9(6)20-7)11-2-5(12(15)16)8(10-11)13(17)18/h2,4,7,9H,1,3H2/t4-,7-,9-/m0/s1. The minimum atomic E-state index is -0.936. The van der Waals surface area contributed by atoms with Crippen LogP contribution in [0.3, 0.4) is 0 Å². The van der Waals surface area contributed by atoms with E-state index in [1.165, 1.54) is 0 Å². The smallest absolute Gasteiger partial charge is 0.358 e. The van der Waals surface area contributed by atoms with Crippen molar-refractivity contribution in [2.75, 3.05) is 6.61 Å². The zero-order valence-corrected chi connectivity index (χ0v) is 9.87. The van der Waals surface area contributed by atoms with Crippen molar-refractivity contribution in [3.05, 3.63) is 26.4 Å². The number of ether oxygens (including phenoxy) is 2. The van der Waals surface area contributed by atoms with Gasteiger partial charge in [-0.15, -0.1) is 0 Å². The van der Waals surface area contributed by atoms with Crippen LogP contribution in [-0.4, -0.2) is 44.4 Å². The first-order valence-electron chi connectivity index (χ1n) is 5.65. The number of hydrogen-bond acceptors (Lipinski definition) is 8. The molecule has 2 fully saturated rings. The summed E-state index contributed by atoms with van der Waals surface area (Å²) in [4.78, 5) is 31.3. The van der Waals surface area contributed by atoms with Crippen molar-refractivity contribution in [2.45, 2.75) is 24.9 Å². The number of carbonyl (C=O) groups excluding carboxylic acids is 1. The summed E-state index contributed by atoms with van der Waals surface area (Å²) < 4.78 is 11.4. The highest BCUT2D eigenvalue weighted by molar-refractivity contribution is 5.83. The summed E-state index contributed by atoms with van der Waals surface area (Å²) in [6, 6.07) is -0.645. The lowest BCUT2D eigenvalue weighted by atomic mass is 10.0. The van der Waals surface area contributed by atoms with E-state index in [9.17, 15) is 25.0 Å². The number of aromatic nitrogens is 2. The number of hydrogen-bond donors (Lipinski definition) is 0. The highest BCUT2D eigenvalue weighted by Gasteiger charge is 2.47. The van der Waals surface area contributed by atoms with Gasteiger partial charge in [0.15, 0.2) is 5.78 Å². The zero-order valence-electron chi connectivity index (χ0n) is 9.87. The van der Waals surface area contributed by atoms with Crippen LogP contribution in [-0.2, 0) is 14.3 Å². The molecule has 0 aromatic carbocycles. The number of nitro groups is 2. The van der Waals surface area contributed by atoms with E-state index in [0.717, 1.165) is 10.9 Å². The van der Waals surface area contributed by atoms with Crippen LogP contribution in [0.25, 0.3) is 0 Å². The van der Waals surface area contributed by atoms with Gasteiger partial charge in [0.05, 0.1) is 16.6 Å². The first-order chi connectivity index (χ1) is 9.47. The molecule has 11 heteroatoms. The van der Waals surface area contributed by atoms with Gasteiger partial charge in [-0.1, -0.05) is 0 Å². The summed E-state index contributed by atoms with van der Waals surface area (Å²) in [5.74, 6) is -1.17. The second-order valence-electron chi connectivity index (χ2n) is 4.41. The number of fused-ring (bicyclic) bond motifs is 2. The molecule has 3 rings (SSSR count). The maximum absolute atomic E-state index is 11.6. The quantitative estimate of drug-likeness (QED) is 0.556. The maximum Gasteiger partial charge on any atom is 0.467 e. The second-order valence-corrected chi connectivity index (χ2v) is 4.41. The lowest BCUT2D eigenvalue weighted by Gasteiger charge is -2.24. The van der Waals surface area contributed by atoms with Crippen LogP contribution in [0.1, 0.15) is 12.5 Å². The molecule has 20 heavy (non-hydrogen) atoms. The van der Waals surface area contributed by atoms with Crippen molar-refractivity contribution in [3.63, 3.8) is 0 Å². The van der Waals surface area contributed by atoms with Gasteiger partial charge in [-0.05, 0) is 4.92 Å². The van der Waals surface area contributed by atoms with Gasteiger partial charge in [0.25, 0.3) is 0 Å². The molecule has 0 unspecified atom stereocenters. The van der Waals surface area contributed by atoms with Gasteiger partial charge < -0.3 is 19.6 Å². The van der Waals surface area contributed by atoms with Crippen LogP contribution < -0.4 is 0 Å². The summed E-state index contributed by atoms with van der Waals surface area (Å²) in [6.07, 6.45) is -0.461. The lowest BCUT2D eigenvalue weighted by molar-refractivity contribution is -0.424. The molecule has 3 atom stereocenters. The zero-order chi connectivity index (χ0) is 14.4. The van der Waals surface area contributed by atoms with Crippen molar-refractivity contribution in [1.82, 2.24) is 9.78 Å². The molecular weight excluding hydrogens is 276 g/mol. The Kier molecular flexibility index (Phi) is 2.72. The minimum Gasteiger partial charge on any atom is -0.358 e. The Balaban J connectivity index is 1.98. The summed E-state index contributed by atoms with van der Waals surface area (Å²) in [5, 5.41) is 25.1. The predicted molar refractivity (Wildman–Crippen MR) is 58.8 cm³/mol. The average Bonchev–Trinajstić information content (AvgIpc) is 3.00. The summed E-state index contributed by atoms with van der Waals surface area (Å²) in [7, 11) is 0. The van der Waals surface area contributed by atoms with Crippen molar-refractivity contribution < 1.29 is 24.1 Å². The molecule has 0 amide bonds. The van der Waals surface area contributed by atoms with Crippen LogP contribution >= 0.6 is 0 Å². The molecular formula is C9H8N4O7. The van der Waals surface area contributed by atoms with Gasteiger partial charge in [-0.3, -0.25) is 14.9 Å². The fourth-order valence-corrected chi connectivity index (χ4v) is 2.29. The molecule has 0 aliphatic carbocycles. The predicted octanol–water partition coefficient (Wildman–Crippen LogP) is -0.0451. The van der Waals surface area contributed by atoms with Gasteiger partial charge >= 0.3 is 11.5 Å². The molecule has 2 bridgehead atoms. The summed E-state index contributed by atoms with van der Waals surface area (Å²) in [6.45, 7) is 0.141. The van der Waals surface area contributed by atoms with Crippen LogP contribution in [0.15, 0.2) is 6.20 Å². The van der Waals surface area contributed by atoms with Crippen molar-refractivity contribution in [2.24, 2.45) is 0 Å². The lowest BCUT2D eigenvalue weighted by Crippen LogP contribution is -2.37. The highest BCUT2D eigenvalue weighted by atomic mass is 16.7. The molecule has 0 saturated carbocycles. The fraction of sp³-hybridized carbons (Fsp3) is 0.556. The molecule has 0 radical (unpaired) electrons. The van der Waals surface area contributed by atoms with Crippen molar-refractivity contribution in [1.29, 1.82) is 0 Å². The normalized spacial score (nSPS) is 28.6. The number of carbonyl (C=O) groups is 1. The van der Waals surface area contributed by atoms with Gasteiger partial charge in [-0.25, -0.2) is 0 Å². The molecule has 0 N–H and O–H groups in total. The SMILES string of the molecule is O=C1C[C@H](n2cc([N+](=O)[O-])c([N+](=O)[O-])n2)[C@@H]2CO[C@H]1O2. The maximum atomic E-state index is 11.6. The van der Waals surface area contributed by atoms with Crippen molar-refractivity contribution >= 4 is 17.3 Å². The largest absolute Gasteiger partial charge is 0.467 e. The molecule has 1 aromatic rings. The van der Waals surface area contributed by atoms with Crippen LogP contribution in [0, 0.1) is 20.2 Å². The van der Waals surface area contributed by atoms with Crippen LogP contribution in [0.5, 0.6) is 0 Å². The molecule has 2 aliphatic heterocycles. The van der Waals surface area contributed by atoms with E-state index in [2.05, 4.69) is 5.10 Å². The summed E-state index contributed by atoms with van der Waals surface area (Å²) in [5.41, 5.74) is -0.719. The Hall–Kier alpha value is -2.40. The van der Waals surface area contributed by atoms with Crippen LogP contribution in [0.4, 0.5) is 11.5 Å².